The summed E-state index contributed by atoms with van der Waals surface area (Å²) in [6.45, 7) is 4.55. The maximum atomic E-state index is 8.96. The second-order valence-corrected chi connectivity index (χ2v) is 3.91. The minimum Gasteiger partial charge on any atom is -0.392 e. The van der Waals surface area contributed by atoms with Crippen LogP contribution in [0.3, 0.4) is 0 Å². The van der Waals surface area contributed by atoms with E-state index in [2.05, 4.69) is 37.9 Å². The van der Waals surface area contributed by atoms with E-state index >= 15 is 0 Å². The van der Waals surface area contributed by atoms with Gasteiger partial charge in [-0.05, 0) is 30.5 Å². The second-order valence-electron chi connectivity index (χ2n) is 3.91. The Labute approximate surface area is 92.5 Å². The molecule has 0 saturated heterocycles. The van der Waals surface area contributed by atoms with Gasteiger partial charge in [0.25, 0.3) is 0 Å². The van der Waals surface area contributed by atoms with Gasteiger partial charge in [0.1, 0.15) is 0 Å². The highest BCUT2D eigenvalue weighted by Gasteiger charge is 2.10. The summed E-state index contributed by atoms with van der Waals surface area (Å²) >= 11 is 0. The second kappa shape index (κ2) is 5.76. The van der Waals surface area contributed by atoms with Crippen molar-refractivity contribution in [3.63, 3.8) is 0 Å². The average Bonchev–Trinajstić information content (AvgIpc) is 2.30. The van der Waals surface area contributed by atoms with Gasteiger partial charge in [-0.1, -0.05) is 26.0 Å². The van der Waals surface area contributed by atoms with Crippen LogP contribution >= 0.6 is 0 Å². The lowest BCUT2D eigenvalue weighted by molar-refractivity contribution is 0.282. The van der Waals surface area contributed by atoms with Crippen LogP contribution in [0, 0.1) is 0 Å². The molecule has 0 fully saturated rings. The van der Waals surface area contributed by atoms with E-state index in [0.717, 1.165) is 18.4 Å². The summed E-state index contributed by atoms with van der Waals surface area (Å²) in [5, 5.41) is 8.96. The van der Waals surface area contributed by atoms with Crippen molar-refractivity contribution in [1.82, 2.24) is 0 Å². The molecule has 0 atom stereocenters. The minimum absolute atomic E-state index is 0.120. The first-order chi connectivity index (χ1) is 7.22. The predicted octanol–water partition coefficient (Wildman–Crippen LogP) is 2.80. The molecule has 0 aliphatic heterocycles. The fourth-order valence-electron chi connectivity index (χ4n) is 1.88. The quantitative estimate of drug-likeness (QED) is 0.802. The van der Waals surface area contributed by atoms with Crippen LogP contribution in [0.15, 0.2) is 24.3 Å². The number of benzene rings is 1. The van der Waals surface area contributed by atoms with E-state index in [1.165, 1.54) is 5.69 Å². The molecule has 0 aliphatic carbocycles. The van der Waals surface area contributed by atoms with Gasteiger partial charge >= 0.3 is 0 Å². The number of rotatable bonds is 5. The first-order valence-corrected chi connectivity index (χ1v) is 5.65. The standard InChI is InChI=1S/C13H21NO/c1-4-12(5-2)14(3)13-8-6-11(10-15)7-9-13/h6-9,12,15H,4-5,10H2,1-3H3. The third-order valence-corrected chi connectivity index (χ3v) is 3.02. The molecule has 0 amide bonds. The van der Waals surface area contributed by atoms with Gasteiger partial charge in [-0.15, -0.1) is 0 Å². The van der Waals surface area contributed by atoms with Gasteiger partial charge in [-0.25, -0.2) is 0 Å². The zero-order chi connectivity index (χ0) is 11.3. The first-order valence-electron chi connectivity index (χ1n) is 5.65. The molecule has 2 nitrogen and oxygen atoms in total. The zero-order valence-electron chi connectivity index (χ0n) is 9.90. The largest absolute Gasteiger partial charge is 0.392 e. The van der Waals surface area contributed by atoms with Crippen molar-refractivity contribution in [3.8, 4) is 0 Å². The van der Waals surface area contributed by atoms with Crippen molar-refractivity contribution < 1.29 is 5.11 Å². The molecule has 1 rings (SSSR count). The smallest absolute Gasteiger partial charge is 0.0681 e. The maximum absolute atomic E-state index is 8.96. The molecule has 1 aromatic rings. The molecule has 84 valence electrons. The van der Waals surface area contributed by atoms with Crippen LogP contribution in [-0.4, -0.2) is 18.2 Å². The summed E-state index contributed by atoms with van der Waals surface area (Å²) in [6.07, 6.45) is 2.32. The van der Waals surface area contributed by atoms with E-state index in [0.29, 0.717) is 6.04 Å². The van der Waals surface area contributed by atoms with Crippen LogP contribution in [0.4, 0.5) is 5.69 Å². The molecule has 0 aliphatic rings. The average molecular weight is 207 g/mol. The zero-order valence-corrected chi connectivity index (χ0v) is 9.90. The number of anilines is 1. The molecular weight excluding hydrogens is 186 g/mol. The summed E-state index contributed by atoms with van der Waals surface area (Å²) in [6, 6.07) is 8.71. The molecule has 15 heavy (non-hydrogen) atoms. The Kier molecular flexibility index (Phi) is 4.63. The molecule has 1 aromatic carbocycles. The Hall–Kier alpha value is -1.02. The van der Waals surface area contributed by atoms with Crippen LogP contribution < -0.4 is 4.90 Å². The number of aliphatic hydroxyl groups is 1. The fourth-order valence-corrected chi connectivity index (χ4v) is 1.88. The topological polar surface area (TPSA) is 23.5 Å². The SMILES string of the molecule is CCC(CC)N(C)c1ccc(CO)cc1. The van der Waals surface area contributed by atoms with Crippen molar-refractivity contribution in [3.05, 3.63) is 29.8 Å². The monoisotopic (exact) mass is 207 g/mol. The summed E-state index contributed by atoms with van der Waals surface area (Å²) in [7, 11) is 2.13. The molecule has 0 heterocycles. The van der Waals surface area contributed by atoms with Gasteiger partial charge in [0.15, 0.2) is 0 Å². The highest BCUT2D eigenvalue weighted by molar-refractivity contribution is 5.47. The van der Waals surface area contributed by atoms with E-state index in [9.17, 15) is 0 Å². The fraction of sp³-hybridized carbons (Fsp3) is 0.538. The van der Waals surface area contributed by atoms with Gasteiger partial charge in [0.05, 0.1) is 6.61 Å². The molecule has 0 aromatic heterocycles. The molecule has 2 heteroatoms. The lowest BCUT2D eigenvalue weighted by Gasteiger charge is -2.28. The van der Waals surface area contributed by atoms with Crippen LogP contribution in [0.2, 0.25) is 0 Å². The molecule has 0 radical (unpaired) electrons. The predicted molar refractivity (Wildman–Crippen MR) is 65.1 cm³/mol. The van der Waals surface area contributed by atoms with Crippen LogP contribution in [0.5, 0.6) is 0 Å². The molecule has 0 spiro atoms. The Balaban J connectivity index is 2.76. The number of nitrogens with zero attached hydrogens (tertiary/aromatic N) is 1. The Morgan fingerprint density at radius 1 is 1.13 bits per heavy atom. The molecule has 0 unspecified atom stereocenters. The van der Waals surface area contributed by atoms with E-state index in [4.69, 9.17) is 5.11 Å². The summed E-state index contributed by atoms with van der Waals surface area (Å²) < 4.78 is 0. The lowest BCUT2D eigenvalue weighted by atomic mass is 10.1. The summed E-state index contributed by atoms with van der Waals surface area (Å²) in [5.41, 5.74) is 2.19. The highest BCUT2D eigenvalue weighted by atomic mass is 16.3. The van der Waals surface area contributed by atoms with Crippen molar-refractivity contribution in [2.45, 2.75) is 39.3 Å². The van der Waals surface area contributed by atoms with Gasteiger partial charge < -0.3 is 10.0 Å². The third kappa shape index (κ3) is 2.96. The summed E-state index contributed by atoms with van der Waals surface area (Å²) in [5.74, 6) is 0. The molecule has 1 N–H and O–H groups in total. The van der Waals surface area contributed by atoms with Crippen LogP contribution in [-0.2, 0) is 6.61 Å². The number of aliphatic hydroxyl groups excluding tert-OH is 1. The third-order valence-electron chi connectivity index (χ3n) is 3.02. The molecule has 0 bridgehead atoms. The molecular formula is C13H21NO. The van der Waals surface area contributed by atoms with Crippen LogP contribution in [0.1, 0.15) is 32.3 Å². The maximum Gasteiger partial charge on any atom is 0.0681 e. The highest BCUT2D eigenvalue weighted by Crippen LogP contribution is 2.19. The van der Waals surface area contributed by atoms with Gasteiger partial charge in [-0.3, -0.25) is 0 Å². The first kappa shape index (κ1) is 12.1. The van der Waals surface area contributed by atoms with E-state index in [1.54, 1.807) is 0 Å². The van der Waals surface area contributed by atoms with Crippen molar-refractivity contribution in [1.29, 1.82) is 0 Å². The van der Waals surface area contributed by atoms with Crippen molar-refractivity contribution in [2.75, 3.05) is 11.9 Å². The normalized spacial score (nSPS) is 10.7. The van der Waals surface area contributed by atoms with Crippen molar-refractivity contribution >= 4 is 5.69 Å². The van der Waals surface area contributed by atoms with E-state index in [-0.39, 0.29) is 6.61 Å². The summed E-state index contributed by atoms with van der Waals surface area (Å²) in [4.78, 5) is 2.31. The van der Waals surface area contributed by atoms with Crippen LogP contribution in [0.25, 0.3) is 0 Å². The van der Waals surface area contributed by atoms with E-state index in [1.807, 2.05) is 12.1 Å². The van der Waals surface area contributed by atoms with Crippen molar-refractivity contribution in [2.24, 2.45) is 0 Å². The van der Waals surface area contributed by atoms with E-state index < -0.39 is 0 Å². The lowest BCUT2D eigenvalue weighted by Crippen LogP contribution is -2.30. The minimum atomic E-state index is 0.120. The number of hydrogen-bond acceptors (Lipinski definition) is 2. The number of hydrogen-bond donors (Lipinski definition) is 1. The Morgan fingerprint density at radius 2 is 1.67 bits per heavy atom. The van der Waals surface area contributed by atoms with Gasteiger partial charge in [0, 0.05) is 18.8 Å². The Morgan fingerprint density at radius 3 is 2.07 bits per heavy atom. The van der Waals surface area contributed by atoms with Gasteiger partial charge in [-0.2, -0.15) is 0 Å². The Bertz CT molecular complexity index is 277. The van der Waals surface area contributed by atoms with Gasteiger partial charge in [0.2, 0.25) is 0 Å². The molecule has 0 saturated carbocycles.